The van der Waals surface area contributed by atoms with Crippen LogP contribution < -0.4 is 0 Å². The number of sulfone groups is 1. The van der Waals surface area contributed by atoms with Gasteiger partial charge in [0.2, 0.25) is 5.91 Å². The van der Waals surface area contributed by atoms with Gasteiger partial charge in [-0.1, -0.05) is 23.9 Å². The standard InChI is InChI=1S/C16H18N2O3S3/c19-15(9-22-16-17-13-3-1-2-4-14(13)23-16)18(11-5-6-11)12-7-8-24(20,21)10-12/h1-4,11-12H,5-10H2/t12-/m0/s1. The number of benzene rings is 1. The summed E-state index contributed by atoms with van der Waals surface area (Å²) in [6, 6.07) is 8.04. The molecular formula is C16H18N2O3S3. The number of rotatable bonds is 5. The van der Waals surface area contributed by atoms with E-state index in [0.29, 0.717) is 12.2 Å². The van der Waals surface area contributed by atoms with Crippen LogP contribution in [0.5, 0.6) is 0 Å². The van der Waals surface area contributed by atoms with Gasteiger partial charge in [-0.3, -0.25) is 4.79 Å². The van der Waals surface area contributed by atoms with Crippen molar-refractivity contribution in [3.63, 3.8) is 0 Å². The van der Waals surface area contributed by atoms with E-state index in [2.05, 4.69) is 4.98 Å². The second-order valence-electron chi connectivity index (χ2n) is 6.33. The van der Waals surface area contributed by atoms with Gasteiger partial charge >= 0.3 is 0 Å². The third-order valence-electron chi connectivity index (χ3n) is 4.42. The highest BCUT2D eigenvalue weighted by atomic mass is 32.2. The normalized spacial score (nSPS) is 22.8. The average molecular weight is 383 g/mol. The molecule has 1 aliphatic carbocycles. The van der Waals surface area contributed by atoms with E-state index in [1.165, 1.54) is 11.8 Å². The summed E-state index contributed by atoms with van der Waals surface area (Å²) in [5.74, 6) is 0.705. The number of hydrogen-bond donors (Lipinski definition) is 0. The number of para-hydroxylation sites is 1. The van der Waals surface area contributed by atoms with Crippen LogP contribution in [0.4, 0.5) is 0 Å². The lowest BCUT2D eigenvalue weighted by Crippen LogP contribution is -2.43. The molecule has 0 bridgehead atoms. The maximum atomic E-state index is 12.7. The summed E-state index contributed by atoms with van der Waals surface area (Å²) in [6.07, 6.45) is 2.57. The van der Waals surface area contributed by atoms with Gasteiger partial charge in [0.15, 0.2) is 14.2 Å². The summed E-state index contributed by atoms with van der Waals surface area (Å²) < 4.78 is 25.5. The number of amides is 1. The van der Waals surface area contributed by atoms with Crippen molar-refractivity contribution < 1.29 is 13.2 Å². The molecule has 0 N–H and O–H groups in total. The number of thioether (sulfide) groups is 1. The SMILES string of the molecule is O=C(CSc1nc2ccccc2s1)N(C1CC1)[C@H]1CCS(=O)(=O)C1. The van der Waals surface area contributed by atoms with Crippen molar-refractivity contribution in [2.45, 2.75) is 35.7 Å². The lowest BCUT2D eigenvalue weighted by molar-refractivity contribution is -0.130. The third kappa shape index (κ3) is 3.45. The number of fused-ring (bicyclic) bond motifs is 1. The number of hydrogen-bond acceptors (Lipinski definition) is 6. The Morgan fingerprint density at radius 1 is 1.25 bits per heavy atom. The maximum absolute atomic E-state index is 12.7. The number of carbonyl (C=O) groups is 1. The van der Waals surface area contributed by atoms with Gasteiger partial charge in [0.25, 0.3) is 0 Å². The number of carbonyl (C=O) groups excluding carboxylic acids is 1. The minimum atomic E-state index is -2.98. The topological polar surface area (TPSA) is 67.3 Å². The molecule has 2 heterocycles. The van der Waals surface area contributed by atoms with Gasteiger partial charge in [0, 0.05) is 12.1 Å². The molecule has 1 saturated carbocycles. The molecule has 1 amide bonds. The van der Waals surface area contributed by atoms with Gasteiger partial charge in [0.05, 0.1) is 27.5 Å². The summed E-state index contributed by atoms with van der Waals surface area (Å²) in [4.78, 5) is 19.1. The molecule has 1 atom stereocenters. The van der Waals surface area contributed by atoms with Crippen molar-refractivity contribution in [2.24, 2.45) is 0 Å². The highest BCUT2D eigenvalue weighted by Gasteiger charge is 2.41. The molecular weight excluding hydrogens is 364 g/mol. The van der Waals surface area contributed by atoms with E-state index < -0.39 is 9.84 Å². The molecule has 24 heavy (non-hydrogen) atoms. The minimum absolute atomic E-state index is 0.0452. The fourth-order valence-electron chi connectivity index (χ4n) is 3.16. The van der Waals surface area contributed by atoms with Crippen molar-refractivity contribution >= 4 is 49.1 Å². The predicted octanol–water partition coefficient (Wildman–Crippen LogP) is 2.57. The smallest absolute Gasteiger partial charge is 0.233 e. The summed E-state index contributed by atoms with van der Waals surface area (Å²) >= 11 is 3.05. The van der Waals surface area contributed by atoms with Crippen LogP contribution in [0, 0.1) is 0 Å². The summed E-state index contributed by atoms with van der Waals surface area (Å²) in [5, 5.41) is 0. The molecule has 2 aromatic rings. The van der Waals surface area contributed by atoms with Crippen molar-refractivity contribution in [2.75, 3.05) is 17.3 Å². The zero-order valence-corrected chi connectivity index (χ0v) is 15.5. The van der Waals surface area contributed by atoms with Crippen molar-refractivity contribution in [3.8, 4) is 0 Å². The molecule has 1 saturated heterocycles. The Hall–Kier alpha value is -1.12. The van der Waals surface area contributed by atoms with Crippen molar-refractivity contribution in [1.29, 1.82) is 0 Å². The Kier molecular flexibility index (Phi) is 4.30. The second kappa shape index (κ2) is 6.31. The average Bonchev–Trinajstić information content (AvgIpc) is 3.17. The van der Waals surface area contributed by atoms with Gasteiger partial charge < -0.3 is 4.90 Å². The summed E-state index contributed by atoms with van der Waals surface area (Å²) in [7, 11) is -2.98. The lowest BCUT2D eigenvalue weighted by Gasteiger charge is -2.28. The molecule has 8 heteroatoms. The van der Waals surface area contributed by atoms with E-state index in [-0.39, 0.29) is 29.5 Å². The molecule has 1 aromatic carbocycles. The Balaban J connectivity index is 1.44. The number of thiazole rings is 1. The fraction of sp³-hybridized carbons (Fsp3) is 0.500. The van der Waals surface area contributed by atoms with E-state index in [0.717, 1.165) is 27.4 Å². The highest BCUT2D eigenvalue weighted by Crippen LogP contribution is 2.34. The zero-order valence-electron chi connectivity index (χ0n) is 13.1. The van der Waals surface area contributed by atoms with Crippen molar-refractivity contribution in [1.82, 2.24) is 9.88 Å². The lowest BCUT2D eigenvalue weighted by atomic mass is 10.2. The molecule has 0 radical (unpaired) electrons. The molecule has 128 valence electrons. The third-order valence-corrected chi connectivity index (χ3v) is 8.34. The van der Waals surface area contributed by atoms with Crippen LogP contribution in [-0.2, 0) is 14.6 Å². The zero-order chi connectivity index (χ0) is 16.7. The first-order valence-corrected chi connectivity index (χ1v) is 11.6. The first-order chi connectivity index (χ1) is 11.5. The van der Waals surface area contributed by atoms with E-state index in [1.807, 2.05) is 29.2 Å². The molecule has 1 aliphatic heterocycles. The van der Waals surface area contributed by atoms with Gasteiger partial charge in [0.1, 0.15) is 0 Å². The van der Waals surface area contributed by atoms with Gasteiger partial charge in [-0.25, -0.2) is 13.4 Å². The van der Waals surface area contributed by atoms with Crippen LogP contribution in [0.15, 0.2) is 28.6 Å². The maximum Gasteiger partial charge on any atom is 0.233 e. The van der Waals surface area contributed by atoms with Crippen LogP contribution in [0.1, 0.15) is 19.3 Å². The summed E-state index contributed by atoms with van der Waals surface area (Å²) in [6.45, 7) is 0. The molecule has 4 rings (SSSR count). The fourth-order valence-corrected chi connectivity index (χ4v) is 6.81. The Morgan fingerprint density at radius 2 is 2.04 bits per heavy atom. The quantitative estimate of drug-likeness (QED) is 0.744. The Morgan fingerprint density at radius 3 is 2.71 bits per heavy atom. The monoisotopic (exact) mass is 382 g/mol. The second-order valence-corrected chi connectivity index (χ2v) is 10.8. The van der Waals surface area contributed by atoms with E-state index in [1.54, 1.807) is 11.3 Å². The van der Waals surface area contributed by atoms with Crippen LogP contribution in [-0.4, -0.2) is 53.6 Å². The first-order valence-electron chi connectivity index (χ1n) is 8.02. The van der Waals surface area contributed by atoms with E-state index in [4.69, 9.17) is 0 Å². The molecule has 0 unspecified atom stereocenters. The van der Waals surface area contributed by atoms with Crippen LogP contribution in [0.3, 0.4) is 0 Å². The predicted molar refractivity (Wildman–Crippen MR) is 97.3 cm³/mol. The van der Waals surface area contributed by atoms with Crippen LogP contribution in [0.2, 0.25) is 0 Å². The largest absolute Gasteiger partial charge is 0.335 e. The first kappa shape index (κ1) is 16.4. The van der Waals surface area contributed by atoms with Gasteiger partial charge in [-0.15, -0.1) is 11.3 Å². The number of aromatic nitrogens is 1. The number of nitrogens with zero attached hydrogens (tertiary/aromatic N) is 2. The van der Waals surface area contributed by atoms with E-state index >= 15 is 0 Å². The molecule has 2 aliphatic rings. The molecule has 0 spiro atoms. The summed E-state index contributed by atoms with van der Waals surface area (Å²) in [5.41, 5.74) is 0.957. The highest BCUT2D eigenvalue weighted by molar-refractivity contribution is 8.01. The van der Waals surface area contributed by atoms with E-state index in [9.17, 15) is 13.2 Å². The van der Waals surface area contributed by atoms with Crippen LogP contribution >= 0.6 is 23.1 Å². The van der Waals surface area contributed by atoms with Gasteiger partial charge in [-0.2, -0.15) is 0 Å². The minimum Gasteiger partial charge on any atom is -0.335 e. The molecule has 1 aromatic heterocycles. The van der Waals surface area contributed by atoms with Crippen LogP contribution in [0.25, 0.3) is 10.2 Å². The molecule has 5 nitrogen and oxygen atoms in total. The van der Waals surface area contributed by atoms with Gasteiger partial charge in [-0.05, 0) is 31.4 Å². The molecule has 2 fully saturated rings. The van der Waals surface area contributed by atoms with Crippen molar-refractivity contribution in [3.05, 3.63) is 24.3 Å². The Bertz CT molecular complexity index is 841. The Labute approximate surface area is 149 Å².